The van der Waals surface area contributed by atoms with Gasteiger partial charge in [0.05, 0.1) is 5.69 Å². The van der Waals surface area contributed by atoms with Crippen LogP contribution in [0.5, 0.6) is 11.5 Å². The van der Waals surface area contributed by atoms with Crippen LogP contribution in [0.1, 0.15) is 15.9 Å². The molecule has 0 heterocycles. The number of benzene rings is 3. The number of halogens is 3. The van der Waals surface area contributed by atoms with Crippen LogP contribution in [0.3, 0.4) is 0 Å². The molecule has 30 heavy (non-hydrogen) atoms. The summed E-state index contributed by atoms with van der Waals surface area (Å²) in [6, 6.07) is 17.0. The third kappa shape index (κ3) is 5.60. The highest BCUT2D eigenvalue weighted by Crippen LogP contribution is 2.25. The van der Waals surface area contributed by atoms with Crippen molar-refractivity contribution in [3.8, 4) is 11.5 Å². The zero-order valence-electron chi connectivity index (χ0n) is 15.5. The van der Waals surface area contributed by atoms with Crippen LogP contribution in [-0.4, -0.2) is 24.9 Å². The number of ketones is 1. The van der Waals surface area contributed by atoms with E-state index in [1.807, 2.05) is 0 Å². The van der Waals surface area contributed by atoms with Crippen molar-refractivity contribution in [1.29, 1.82) is 0 Å². The highest BCUT2D eigenvalue weighted by atomic mass is 19.3. The number of rotatable bonds is 8. The smallest absolute Gasteiger partial charge is 0.387 e. The number of carbonyl (C=O) groups is 2. The summed E-state index contributed by atoms with van der Waals surface area (Å²) in [4.78, 5) is 24.4. The second-order valence-electron chi connectivity index (χ2n) is 6.07. The molecule has 0 spiro atoms. The van der Waals surface area contributed by atoms with E-state index in [1.165, 1.54) is 66.7 Å². The lowest BCUT2D eigenvalue weighted by atomic mass is 10.0. The molecule has 3 aromatic carbocycles. The van der Waals surface area contributed by atoms with E-state index in [1.54, 1.807) is 6.07 Å². The summed E-state index contributed by atoms with van der Waals surface area (Å²) in [5.41, 5.74) is 0.803. The summed E-state index contributed by atoms with van der Waals surface area (Å²) in [7, 11) is 0. The quantitative estimate of drug-likeness (QED) is 0.543. The largest absolute Gasteiger partial charge is 0.484 e. The Bertz CT molecular complexity index is 1020. The van der Waals surface area contributed by atoms with Gasteiger partial charge in [-0.05, 0) is 60.7 Å². The minimum atomic E-state index is -3.02. The molecule has 154 valence electrons. The summed E-state index contributed by atoms with van der Waals surface area (Å²) >= 11 is 0. The van der Waals surface area contributed by atoms with Crippen LogP contribution in [0, 0.1) is 5.82 Å². The van der Waals surface area contributed by atoms with Crippen LogP contribution < -0.4 is 14.8 Å². The van der Waals surface area contributed by atoms with Gasteiger partial charge in [-0.3, -0.25) is 9.59 Å². The summed E-state index contributed by atoms with van der Waals surface area (Å²) in [6.45, 7) is -3.40. The van der Waals surface area contributed by atoms with Crippen molar-refractivity contribution in [2.75, 3.05) is 11.9 Å². The molecular weight excluding hydrogens is 399 g/mol. The third-order valence-corrected chi connectivity index (χ3v) is 3.97. The number of anilines is 1. The molecule has 0 atom stereocenters. The molecule has 0 aromatic heterocycles. The second kappa shape index (κ2) is 9.60. The molecule has 0 aliphatic rings. The normalized spacial score (nSPS) is 10.5. The number of ether oxygens (including phenoxy) is 2. The molecular formula is C22H16F3NO4. The Hall–Kier alpha value is -3.81. The molecule has 0 unspecified atom stereocenters. The number of carbonyl (C=O) groups excluding carboxylic acids is 2. The van der Waals surface area contributed by atoms with Gasteiger partial charge in [-0.25, -0.2) is 4.39 Å². The average Bonchev–Trinajstić information content (AvgIpc) is 2.74. The van der Waals surface area contributed by atoms with E-state index < -0.39 is 18.3 Å². The van der Waals surface area contributed by atoms with Gasteiger partial charge < -0.3 is 14.8 Å². The molecule has 1 N–H and O–H groups in total. The van der Waals surface area contributed by atoms with Crippen LogP contribution in [0.2, 0.25) is 0 Å². The molecule has 8 heteroatoms. The number of amides is 1. The fraction of sp³-hybridized carbons (Fsp3) is 0.0909. The van der Waals surface area contributed by atoms with Gasteiger partial charge in [0.1, 0.15) is 17.3 Å². The zero-order valence-corrected chi connectivity index (χ0v) is 15.5. The molecule has 1 amide bonds. The molecule has 0 fully saturated rings. The standard InChI is InChI=1S/C22H16F3NO4/c23-16-9-5-14(6-10-16)21(28)15-7-11-17(12-8-15)29-13-20(27)26-18-3-1-2-4-19(18)30-22(24)25/h1-12,22H,13H2,(H,26,27). The Balaban J connectivity index is 1.57. The lowest BCUT2D eigenvalue weighted by molar-refractivity contribution is -0.118. The number of hydrogen-bond donors (Lipinski definition) is 1. The van der Waals surface area contributed by atoms with E-state index in [0.717, 1.165) is 0 Å². The minimum Gasteiger partial charge on any atom is -0.484 e. The van der Waals surface area contributed by atoms with E-state index in [2.05, 4.69) is 10.1 Å². The van der Waals surface area contributed by atoms with Gasteiger partial charge in [0.2, 0.25) is 0 Å². The molecule has 0 aliphatic heterocycles. The summed E-state index contributed by atoms with van der Waals surface area (Å²) in [5, 5.41) is 2.43. The molecule has 0 aliphatic carbocycles. The van der Waals surface area contributed by atoms with Crippen molar-refractivity contribution in [2.45, 2.75) is 6.61 Å². The number of hydrogen-bond acceptors (Lipinski definition) is 4. The van der Waals surface area contributed by atoms with Gasteiger partial charge in [-0.15, -0.1) is 0 Å². The third-order valence-electron chi connectivity index (χ3n) is 3.97. The van der Waals surface area contributed by atoms with Crippen LogP contribution in [0.15, 0.2) is 72.8 Å². The Morgan fingerprint density at radius 2 is 1.47 bits per heavy atom. The van der Waals surface area contributed by atoms with Crippen molar-refractivity contribution in [3.63, 3.8) is 0 Å². The van der Waals surface area contributed by atoms with Gasteiger partial charge in [0.15, 0.2) is 12.4 Å². The van der Waals surface area contributed by atoms with Gasteiger partial charge in [-0.1, -0.05) is 12.1 Å². The van der Waals surface area contributed by atoms with Crippen LogP contribution in [0.25, 0.3) is 0 Å². The maximum Gasteiger partial charge on any atom is 0.387 e. The second-order valence-corrected chi connectivity index (χ2v) is 6.07. The van der Waals surface area contributed by atoms with Crippen molar-refractivity contribution < 1.29 is 32.2 Å². The van der Waals surface area contributed by atoms with Crippen molar-refractivity contribution in [2.24, 2.45) is 0 Å². The molecule has 0 saturated carbocycles. The molecule has 3 rings (SSSR count). The van der Waals surface area contributed by atoms with Gasteiger partial charge >= 0.3 is 6.61 Å². The lowest BCUT2D eigenvalue weighted by Gasteiger charge is -2.12. The number of alkyl halides is 2. The zero-order chi connectivity index (χ0) is 21.5. The number of para-hydroxylation sites is 2. The number of nitrogens with one attached hydrogen (secondary N) is 1. The highest BCUT2D eigenvalue weighted by molar-refractivity contribution is 6.09. The maximum absolute atomic E-state index is 13.0. The van der Waals surface area contributed by atoms with Gasteiger partial charge in [0.25, 0.3) is 5.91 Å². The van der Waals surface area contributed by atoms with E-state index in [4.69, 9.17) is 4.74 Å². The van der Waals surface area contributed by atoms with Gasteiger partial charge in [0, 0.05) is 11.1 Å². The first-order valence-corrected chi connectivity index (χ1v) is 8.79. The Labute approximate surface area is 170 Å². The molecule has 0 saturated heterocycles. The Morgan fingerprint density at radius 1 is 0.867 bits per heavy atom. The minimum absolute atomic E-state index is 0.0895. The first kappa shape index (κ1) is 20.9. The monoisotopic (exact) mass is 415 g/mol. The van der Waals surface area contributed by atoms with Gasteiger partial charge in [-0.2, -0.15) is 8.78 Å². The Morgan fingerprint density at radius 3 is 2.10 bits per heavy atom. The first-order chi connectivity index (χ1) is 14.4. The predicted molar refractivity (Wildman–Crippen MR) is 103 cm³/mol. The van der Waals surface area contributed by atoms with Crippen LogP contribution in [0.4, 0.5) is 18.9 Å². The Kier molecular flexibility index (Phi) is 6.69. The van der Waals surface area contributed by atoms with E-state index in [9.17, 15) is 22.8 Å². The first-order valence-electron chi connectivity index (χ1n) is 8.79. The van der Waals surface area contributed by atoms with E-state index in [-0.39, 0.29) is 23.8 Å². The summed E-state index contributed by atoms with van der Waals surface area (Å²) < 4.78 is 47.5. The molecule has 5 nitrogen and oxygen atoms in total. The van der Waals surface area contributed by atoms with Crippen molar-refractivity contribution >= 4 is 17.4 Å². The fourth-order valence-electron chi connectivity index (χ4n) is 2.57. The maximum atomic E-state index is 13.0. The van der Waals surface area contributed by atoms with Crippen molar-refractivity contribution in [1.82, 2.24) is 0 Å². The van der Waals surface area contributed by atoms with Crippen LogP contribution >= 0.6 is 0 Å². The highest BCUT2D eigenvalue weighted by Gasteiger charge is 2.13. The topological polar surface area (TPSA) is 64.6 Å². The lowest BCUT2D eigenvalue weighted by Crippen LogP contribution is -2.21. The molecule has 3 aromatic rings. The molecule has 0 radical (unpaired) electrons. The summed E-state index contributed by atoms with van der Waals surface area (Å²) in [6.07, 6.45) is 0. The van der Waals surface area contributed by atoms with E-state index >= 15 is 0 Å². The molecule has 0 bridgehead atoms. The SMILES string of the molecule is O=C(COc1ccc(C(=O)c2ccc(F)cc2)cc1)Nc1ccccc1OC(F)F. The predicted octanol–water partition coefficient (Wildman–Crippen LogP) is 4.68. The van der Waals surface area contributed by atoms with Crippen molar-refractivity contribution in [3.05, 3.63) is 89.7 Å². The average molecular weight is 415 g/mol. The summed E-state index contributed by atoms with van der Waals surface area (Å²) in [5.74, 6) is -1.12. The van der Waals surface area contributed by atoms with Crippen LogP contribution in [-0.2, 0) is 4.79 Å². The fourth-order valence-corrected chi connectivity index (χ4v) is 2.57. The van der Waals surface area contributed by atoms with E-state index in [0.29, 0.717) is 16.9 Å².